The van der Waals surface area contributed by atoms with Gasteiger partial charge in [-0.2, -0.15) is 0 Å². The summed E-state index contributed by atoms with van der Waals surface area (Å²) < 4.78 is 0. The molecule has 0 radical (unpaired) electrons. The van der Waals surface area contributed by atoms with Crippen LogP contribution in [0.5, 0.6) is 0 Å². The maximum atomic E-state index is 6.09. The molecule has 0 saturated heterocycles. The van der Waals surface area contributed by atoms with Crippen LogP contribution in [-0.4, -0.2) is 6.54 Å². The van der Waals surface area contributed by atoms with E-state index in [4.69, 9.17) is 23.2 Å². The van der Waals surface area contributed by atoms with Crippen LogP contribution in [0.2, 0.25) is 10.0 Å². The Bertz CT molecular complexity index is 413. The largest absolute Gasteiger partial charge is 0.312 e. The maximum absolute atomic E-state index is 6.09. The van der Waals surface area contributed by atoms with Crippen molar-refractivity contribution in [2.45, 2.75) is 32.2 Å². The molecular formula is C14H17Cl2N. The molecule has 92 valence electrons. The van der Waals surface area contributed by atoms with Crippen LogP contribution in [0.25, 0.3) is 0 Å². The third-order valence-electron chi connectivity index (χ3n) is 3.08. The Balaban J connectivity index is 1.75. The molecule has 1 aliphatic carbocycles. The normalized spacial score (nSPS) is 15.1. The zero-order chi connectivity index (χ0) is 12.1. The van der Waals surface area contributed by atoms with Crippen molar-refractivity contribution < 1.29 is 0 Å². The fourth-order valence-electron chi connectivity index (χ4n) is 2.12. The van der Waals surface area contributed by atoms with Crippen LogP contribution in [-0.2, 0) is 6.54 Å². The molecule has 0 aliphatic heterocycles. The van der Waals surface area contributed by atoms with E-state index in [2.05, 4.69) is 11.4 Å². The molecule has 0 spiro atoms. The van der Waals surface area contributed by atoms with Crippen molar-refractivity contribution in [1.29, 1.82) is 0 Å². The zero-order valence-electron chi connectivity index (χ0n) is 9.81. The molecule has 0 saturated carbocycles. The lowest BCUT2D eigenvalue weighted by Gasteiger charge is -2.07. The van der Waals surface area contributed by atoms with Gasteiger partial charge >= 0.3 is 0 Å². The lowest BCUT2D eigenvalue weighted by molar-refractivity contribution is 0.676. The van der Waals surface area contributed by atoms with Gasteiger partial charge in [-0.3, -0.25) is 0 Å². The average molecular weight is 270 g/mol. The number of benzene rings is 1. The van der Waals surface area contributed by atoms with Gasteiger partial charge in [0.05, 0.1) is 0 Å². The molecule has 0 atom stereocenters. The Hall–Kier alpha value is -0.500. The van der Waals surface area contributed by atoms with E-state index in [0.29, 0.717) is 0 Å². The number of rotatable bonds is 5. The number of halogens is 2. The Labute approximate surface area is 113 Å². The minimum Gasteiger partial charge on any atom is -0.312 e. The molecule has 0 heterocycles. The highest BCUT2D eigenvalue weighted by Gasteiger charge is 2.04. The molecule has 0 aromatic heterocycles. The smallest absolute Gasteiger partial charge is 0.0451 e. The van der Waals surface area contributed by atoms with Gasteiger partial charge in [0.2, 0.25) is 0 Å². The van der Waals surface area contributed by atoms with E-state index in [1.165, 1.54) is 19.3 Å². The fourth-order valence-corrected chi connectivity index (χ4v) is 2.49. The molecule has 3 heteroatoms. The number of hydrogen-bond acceptors (Lipinski definition) is 1. The standard InChI is InChI=1S/C14H17Cl2N/c15-13-5-6-14(16)12(9-13)10-17-8-7-11-3-1-2-4-11/h3,5-6,9,17H,1-2,4,7-8,10H2. The van der Waals surface area contributed by atoms with Crippen LogP contribution in [0.1, 0.15) is 31.2 Å². The van der Waals surface area contributed by atoms with E-state index in [9.17, 15) is 0 Å². The van der Waals surface area contributed by atoms with Crippen LogP contribution in [0.15, 0.2) is 29.8 Å². The minimum absolute atomic E-state index is 0.740. The van der Waals surface area contributed by atoms with Crippen molar-refractivity contribution in [3.63, 3.8) is 0 Å². The van der Waals surface area contributed by atoms with Gasteiger partial charge in [-0.1, -0.05) is 34.9 Å². The van der Waals surface area contributed by atoms with Crippen molar-refractivity contribution in [2.24, 2.45) is 0 Å². The van der Waals surface area contributed by atoms with Gasteiger partial charge in [0, 0.05) is 16.6 Å². The summed E-state index contributed by atoms with van der Waals surface area (Å²) in [6, 6.07) is 5.59. The van der Waals surface area contributed by atoms with Gasteiger partial charge in [0.15, 0.2) is 0 Å². The molecule has 0 amide bonds. The summed E-state index contributed by atoms with van der Waals surface area (Å²) in [5, 5.41) is 4.93. The second-order valence-electron chi connectivity index (χ2n) is 4.42. The first-order chi connectivity index (χ1) is 8.25. The number of nitrogens with one attached hydrogen (secondary N) is 1. The van der Waals surface area contributed by atoms with E-state index in [1.54, 1.807) is 5.57 Å². The molecule has 0 fully saturated rings. The lowest BCUT2D eigenvalue weighted by atomic mass is 10.1. The first kappa shape index (κ1) is 12.9. The highest BCUT2D eigenvalue weighted by molar-refractivity contribution is 6.33. The van der Waals surface area contributed by atoms with Gasteiger partial charge < -0.3 is 5.32 Å². The van der Waals surface area contributed by atoms with Gasteiger partial charge in [0.1, 0.15) is 0 Å². The summed E-state index contributed by atoms with van der Waals surface area (Å²) in [6.45, 7) is 1.79. The van der Waals surface area contributed by atoms with E-state index < -0.39 is 0 Å². The highest BCUT2D eigenvalue weighted by Crippen LogP contribution is 2.21. The molecule has 1 nitrogen and oxygen atoms in total. The van der Waals surface area contributed by atoms with Crippen LogP contribution in [0.4, 0.5) is 0 Å². The molecule has 1 aromatic rings. The molecule has 0 unspecified atom stereocenters. The zero-order valence-corrected chi connectivity index (χ0v) is 11.3. The summed E-state index contributed by atoms with van der Waals surface area (Å²) >= 11 is 12.0. The quantitative estimate of drug-likeness (QED) is 0.609. The predicted octanol–water partition coefficient (Wildman–Crippen LogP) is 4.58. The topological polar surface area (TPSA) is 12.0 Å². The Morgan fingerprint density at radius 3 is 2.88 bits per heavy atom. The highest BCUT2D eigenvalue weighted by atomic mass is 35.5. The van der Waals surface area contributed by atoms with Crippen molar-refractivity contribution in [2.75, 3.05) is 6.54 Å². The minimum atomic E-state index is 0.740. The lowest BCUT2D eigenvalue weighted by Crippen LogP contribution is -2.15. The van der Waals surface area contributed by atoms with Gasteiger partial charge in [-0.25, -0.2) is 0 Å². The molecule has 1 N–H and O–H groups in total. The second kappa shape index (κ2) is 6.44. The molecule has 17 heavy (non-hydrogen) atoms. The van der Waals surface area contributed by atoms with E-state index in [1.807, 2.05) is 18.2 Å². The Kier molecular flexibility index (Phi) is 4.90. The van der Waals surface area contributed by atoms with E-state index >= 15 is 0 Å². The number of hydrogen-bond donors (Lipinski definition) is 1. The van der Waals surface area contributed by atoms with Crippen LogP contribution < -0.4 is 5.32 Å². The van der Waals surface area contributed by atoms with Crippen molar-refractivity contribution in [3.05, 3.63) is 45.5 Å². The summed E-state index contributed by atoms with van der Waals surface area (Å²) in [7, 11) is 0. The van der Waals surface area contributed by atoms with Crippen LogP contribution in [0, 0.1) is 0 Å². The van der Waals surface area contributed by atoms with Gasteiger partial charge in [0.25, 0.3) is 0 Å². The Morgan fingerprint density at radius 1 is 1.24 bits per heavy atom. The molecular weight excluding hydrogens is 253 g/mol. The van der Waals surface area contributed by atoms with Crippen LogP contribution >= 0.6 is 23.2 Å². The number of allylic oxidation sites excluding steroid dienone is 1. The second-order valence-corrected chi connectivity index (χ2v) is 5.26. The van der Waals surface area contributed by atoms with Crippen molar-refractivity contribution in [1.82, 2.24) is 5.32 Å². The van der Waals surface area contributed by atoms with E-state index in [-0.39, 0.29) is 0 Å². The van der Waals surface area contributed by atoms with Gasteiger partial charge in [-0.15, -0.1) is 0 Å². The maximum Gasteiger partial charge on any atom is 0.0451 e. The summed E-state index contributed by atoms with van der Waals surface area (Å²) in [4.78, 5) is 0. The monoisotopic (exact) mass is 269 g/mol. The fraction of sp³-hybridized carbons (Fsp3) is 0.429. The summed E-state index contributed by atoms with van der Waals surface area (Å²) in [5.41, 5.74) is 2.66. The SMILES string of the molecule is Clc1ccc(Cl)c(CNCCC2=CCCC2)c1. The van der Waals surface area contributed by atoms with Crippen molar-refractivity contribution in [3.8, 4) is 0 Å². The summed E-state index contributed by atoms with van der Waals surface area (Å²) in [5.74, 6) is 0. The summed E-state index contributed by atoms with van der Waals surface area (Å²) in [6.07, 6.45) is 7.39. The molecule has 1 aromatic carbocycles. The molecule has 2 rings (SSSR count). The first-order valence-corrected chi connectivity index (χ1v) is 6.84. The average Bonchev–Trinajstić information content (AvgIpc) is 2.82. The van der Waals surface area contributed by atoms with Crippen LogP contribution in [0.3, 0.4) is 0 Å². The first-order valence-electron chi connectivity index (χ1n) is 6.08. The molecule has 1 aliphatic rings. The van der Waals surface area contributed by atoms with Crippen molar-refractivity contribution >= 4 is 23.2 Å². The van der Waals surface area contributed by atoms with Gasteiger partial charge in [-0.05, 0) is 56.0 Å². The van der Waals surface area contributed by atoms with E-state index in [0.717, 1.165) is 35.1 Å². The third-order valence-corrected chi connectivity index (χ3v) is 3.68. The Morgan fingerprint density at radius 2 is 2.12 bits per heavy atom. The molecule has 0 bridgehead atoms. The third kappa shape index (κ3) is 4.02. The predicted molar refractivity (Wildman–Crippen MR) is 74.7 cm³/mol.